The molecule has 0 radical (unpaired) electrons. The molecule has 0 bridgehead atoms. The lowest BCUT2D eigenvalue weighted by atomic mass is 10.1. The van der Waals surface area contributed by atoms with E-state index in [1.165, 1.54) is 5.56 Å². The minimum absolute atomic E-state index is 0.0724. The van der Waals surface area contributed by atoms with Crippen LogP contribution in [0.5, 0.6) is 0 Å². The van der Waals surface area contributed by atoms with Crippen LogP contribution in [0, 0.1) is 0 Å². The molecule has 2 aromatic rings. The Bertz CT molecular complexity index is 509. The molecule has 0 fully saturated rings. The van der Waals surface area contributed by atoms with E-state index in [0.717, 1.165) is 24.5 Å². The van der Waals surface area contributed by atoms with Crippen LogP contribution >= 0.6 is 59.1 Å². The van der Waals surface area contributed by atoms with Crippen molar-refractivity contribution in [2.24, 2.45) is 0 Å². The zero-order valence-corrected chi connectivity index (χ0v) is 14.5. The van der Waals surface area contributed by atoms with Crippen LogP contribution in [-0.2, 0) is 0 Å². The van der Waals surface area contributed by atoms with Gasteiger partial charge >= 0.3 is 0 Å². The second kappa shape index (κ2) is 6.02. The molecule has 2 rings (SSSR count). The molecule has 1 N–H and O–H groups in total. The minimum Gasteiger partial charge on any atom is -0.452 e. The molecule has 92 valence electrons. The summed E-state index contributed by atoms with van der Waals surface area (Å²) in [5.41, 5.74) is 1.19. The van der Waals surface area contributed by atoms with E-state index >= 15 is 0 Å². The summed E-state index contributed by atoms with van der Waals surface area (Å²) in [6, 6.07) is 6.08. The zero-order chi connectivity index (χ0) is 12.4. The van der Waals surface area contributed by atoms with Crippen LogP contribution in [0.15, 0.2) is 34.9 Å². The van der Waals surface area contributed by atoms with E-state index in [1.807, 2.05) is 12.1 Å². The molecule has 2 nitrogen and oxygen atoms in total. The average Bonchev–Trinajstić information content (AvgIpc) is 2.82. The van der Waals surface area contributed by atoms with Gasteiger partial charge in [0.25, 0.3) is 0 Å². The second-order valence-electron chi connectivity index (χ2n) is 3.41. The summed E-state index contributed by atoms with van der Waals surface area (Å²) in [7, 11) is 0. The SMILES string of the molecule is CCNC(c1ccc(Br)o1)c1cc(Br)sc1Br. The summed E-state index contributed by atoms with van der Waals surface area (Å²) >= 11 is 12.1. The highest BCUT2D eigenvalue weighted by Crippen LogP contribution is 2.38. The highest BCUT2D eigenvalue weighted by atomic mass is 79.9. The normalized spacial score (nSPS) is 12.9. The molecule has 0 aliphatic heterocycles. The molecule has 0 aromatic carbocycles. The van der Waals surface area contributed by atoms with E-state index in [1.54, 1.807) is 11.3 Å². The molecule has 17 heavy (non-hydrogen) atoms. The van der Waals surface area contributed by atoms with E-state index < -0.39 is 0 Å². The molecule has 1 unspecified atom stereocenters. The number of furan rings is 1. The highest BCUT2D eigenvalue weighted by Gasteiger charge is 2.21. The van der Waals surface area contributed by atoms with Crippen molar-refractivity contribution >= 4 is 59.1 Å². The lowest BCUT2D eigenvalue weighted by Gasteiger charge is -2.14. The van der Waals surface area contributed by atoms with Crippen molar-refractivity contribution in [3.8, 4) is 0 Å². The van der Waals surface area contributed by atoms with Gasteiger partial charge < -0.3 is 9.73 Å². The number of thiophene rings is 1. The lowest BCUT2D eigenvalue weighted by Crippen LogP contribution is -2.21. The fourth-order valence-electron chi connectivity index (χ4n) is 1.60. The first-order valence-corrected chi connectivity index (χ1v) is 8.24. The first-order chi connectivity index (χ1) is 8.11. The molecular weight excluding hydrogens is 434 g/mol. The van der Waals surface area contributed by atoms with Gasteiger partial charge in [0.15, 0.2) is 4.67 Å². The fraction of sp³-hybridized carbons (Fsp3) is 0.273. The van der Waals surface area contributed by atoms with Crippen LogP contribution in [0.3, 0.4) is 0 Å². The zero-order valence-electron chi connectivity index (χ0n) is 8.97. The topological polar surface area (TPSA) is 25.2 Å². The van der Waals surface area contributed by atoms with E-state index in [0.29, 0.717) is 0 Å². The number of nitrogens with one attached hydrogen (secondary N) is 1. The highest BCUT2D eigenvalue weighted by molar-refractivity contribution is 9.12. The predicted molar refractivity (Wildman–Crippen MR) is 81.6 cm³/mol. The molecular formula is C11H10Br3NOS. The maximum Gasteiger partial charge on any atom is 0.169 e. The molecule has 2 heterocycles. The number of rotatable bonds is 4. The van der Waals surface area contributed by atoms with E-state index in [-0.39, 0.29) is 6.04 Å². The molecule has 6 heteroatoms. The first-order valence-electron chi connectivity index (χ1n) is 5.05. The molecule has 0 saturated heterocycles. The van der Waals surface area contributed by atoms with Crippen LogP contribution in [0.2, 0.25) is 0 Å². The Hall–Kier alpha value is 0.380. The van der Waals surface area contributed by atoms with Gasteiger partial charge in [0.1, 0.15) is 5.76 Å². The van der Waals surface area contributed by atoms with E-state index in [9.17, 15) is 0 Å². The maximum atomic E-state index is 5.64. The summed E-state index contributed by atoms with van der Waals surface area (Å²) < 4.78 is 8.61. The van der Waals surface area contributed by atoms with Crippen LogP contribution in [0.1, 0.15) is 24.3 Å². The van der Waals surface area contributed by atoms with Crippen LogP contribution in [-0.4, -0.2) is 6.54 Å². The first kappa shape index (κ1) is 13.8. The molecule has 0 aliphatic carbocycles. The van der Waals surface area contributed by atoms with Crippen LogP contribution in [0.25, 0.3) is 0 Å². The summed E-state index contributed by atoms with van der Waals surface area (Å²) in [5, 5.41) is 3.42. The van der Waals surface area contributed by atoms with Crippen molar-refractivity contribution in [3.63, 3.8) is 0 Å². The largest absolute Gasteiger partial charge is 0.452 e. The lowest BCUT2D eigenvalue weighted by molar-refractivity contribution is 0.437. The molecule has 1 atom stereocenters. The van der Waals surface area contributed by atoms with Gasteiger partial charge in [0.2, 0.25) is 0 Å². The van der Waals surface area contributed by atoms with Crippen molar-refractivity contribution in [1.82, 2.24) is 5.32 Å². The average molecular weight is 444 g/mol. The van der Waals surface area contributed by atoms with Crippen molar-refractivity contribution in [2.45, 2.75) is 13.0 Å². The number of halogens is 3. The van der Waals surface area contributed by atoms with Gasteiger partial charge in [-0.1, -0.05) is 6.92 Å². The Morgan fingerprint density at radius 3 is 2.59 bits per heavy atom. The van der Waals surface area contributed by atoms with E-state index in [2.05, 4.69) is 66.1 Å². The smallest absolute Gasteiger partial charge is 0.169 e. The number of hydrogen-bond donors (Lipinski definition) is 1. The summed E-state index contributed by atoms with van der Waals surface area (Å²) in [6.45, 7) is 2.96. The molecule has 0 aliphatic rings. The Morgan fingerprint density at radius 1 is 1.35 bits per heavy atom. The number of hydrogen-bond acceptors (Lipinski definition) is 3. The second-order valence-corrected chi connectivity index (χ2v) is 7.94. The van der Waals surface area contributed by atoms with Crippen LogP contribution < -0.4 is 5.32 Å². The molecule has 0 amide bonds. The quantitative estimate of drug-likeness (QED) is 0.691. The Kier molecular flexibility index (Phi) is 4.88. The summed E-state index contributed by atoms with van der Waals surface area (Å²) in [5.74, 6) is 0.907. The standard InChI is InChI=1S/C11H10Br3NOS/c1-2-15-10(7-3-4-8(12)16-7)6-5-9(13)17-11(6)14/h3-5,10,15H,2H2,1H3. The molecule has 0 saturated carbocycles. The Morgan fingerprint density at radius 2 is 2.12 bits per heavy atom. The third-order valence-corrected chi connectivity index (χ3v) is 5.09. The van der Waals surface area contributed by atoms with Gasteiger partial charge in [-0.05, 0) is 72.5 Å². The van der Waals surface area contributed by atoms with Gasteiger partial charge in [-0.3, -0.25) is 0 Å². The summed E-state index contributed by atoms with van der Waals surface area (Å²) in [6.07, 6.45) is 0. The predicted octanol–water partition coefficient (Wildman–Crippen LogP) is 5.33. The van der Waals surface area contributed by atoms with Gasteiger partial charge in [0.05, 0.1) is 13.6 Å². The molecule has 0 spiro atoms. The Labute approximate surface area is 129 Å². The van der Waals surface area contributed by atoms with Crippen molar-refractivity contribution in [1.29, 1.82) is 0 Å². The van der Waals surface area contributed by atoms with Gasteiger partial charge in [-0.25, -0.2) is 0 Å². The maximum absolute atomic E-state index is 5.64. The fourth-order valence-corrected chi connectivity index (χ4v) is 4.82. The van der Waals surface area contributed by atoms with Gasteiger partial charge in [0, 0.05) is 5.56 Å². The van der Waals surface area contributed by atoms with E-state index in [4.69, 9.17) is 4.42 Å². The van der Waals surface area contributed by atoms with Crippen molar-refractivity contribution in [3.05, 3.63) is 41.8 Å². The van der Waals surface area contributed by atoms with Crippen molar-refractivity contribution < 1.29 is 4.42 Å². The third kappa shape index (κ3) is 3.23. The minimum atomic E-state index is 0.0724. The van der Waals surface area contributed by atoms with Gasteiger partial charge in [-0.15, -0.1) is 11.3 Å². The monoisotopic (exact) mass is 441 g/mol. The van der Waals surface area contributed by atoms with Crippen LogP contribution in [0.4, 0.5) is 0 Å². The van der Waals surface area contributed by atoms with Gasteiger partial charge in [-0.2, -0.15) is 0 Å². The summed E-state index contributed by atoms with van der Waals surface area (Å²) in [4.78, 5) is 0. The third-order valence-electron chi connectivity index (χ3n) is 2.28. The molecule has 2 aromatic heterocycles. The van der Waals surface area contributed by atoms with Crippen molar-refractivity contribution in [2.75, 3.05) is 6.54 Å². The Balaban J connectivity index is 2.38.